The SMILES string of the molecule is Cn1cc(Cl)c(-c2nc([C@@H]3CCOC3)no2)n1. The molecule has 2 aromatic rings. The van der Waals surface area contributed by atoms with E-state index < -0.39 is 0 Å². The Kier molecular flexibility index (Phi) is 2.60. The molecule has 3 heterocycles. The largest absolute Gasteiger partial charge is 0.381 e. The van der Waals surface area contributed by atoms with Crippen LogP contribution in [0.5, 0.6) is 0 Å². The molecule has 0 N–H and O–H groups in total. The summed E-state index contributed by atoms with van der Waals surface area (Å²) in [6.45, 7) is 1.40. The maximum absolute atomic E-state index is 6.01. The molecular formula is C10H11ClN4O2. The minimum Gasteiger partial charge on any atom is -0.381 e. The fourth-order valence-corrected chi connectivity index (χ4v) is 2.10. The molecule has 6 nitrogen and oxygen atoms in total. The van der Waals surface area contributed by atoms with E-state index in [1.165, 1.54) is 0 Å². The van der Waals surface area contributed by atoms with Gasteiger partial charge in [-0.05, 0) is 6.42 Å². The fourth-order valence-electron chi connectivity index (χ4n) is 1.84. The van der Waals surface area contributed by atoms with Gasteiger partial charge in [-0.15, -0.1) is 0 Å². The standard InChI is InChI=1S/C10H11ClN4O2/c1-15-4-7(11)8(13-15)10-12-9(14-17-10)6-2-3-16-5-6/h4,6H,2-3,5H2,1H3/t6-/m1/s1. The first kappa shape index (κ1) is 10.7. The van der Waals surface area contributed by atoms with Gasteiger partial charge in [0.2, 0.25) is 0 Å². The number of aryl methyl sites for hydroxylation is 1. The Hall–Kier alpha value is -1.40. The van der Waals surface area contributed by atoms with Crippen LogP contribution in [0.25, 0.3) is 11.6 Å². The molecule has 0 radical (unpaired) electrons. The lowest BCUT2D eigenvalue weighted by atomic mass is 10.1. The lowest BCUT2D eigenvalue weighted by Crippen LogP contribution is -1.99. The quantitative estimate of drug-likeness (QED) is 0.815. The lowest BCUT2D eigenvalue weighted by Gasteiger charge is -1.97. The van der Waals surface area contributed by atoms with Crippen LogP contribution in [-0.4, -0.2) is 33.1 Å². The molecule has 7 heteroatoms. The molecule has 90 valence electrons. The maximum Gasteiger partial charge on any atom is 0.279 e. The molecule has 1 atom stereocenters. The highest BCUT2D eigenvalue weighted by atomic mass is 35.5. The van der Waals surface area contributed by atoms with Crippen molar-refractivity contribution < 1.29 is 9.26 Å². The molecule has 0 aromatic carbocycles. The molecule has 0 bridgehead atoms. The summed E-state index contributed by atoms with van der Waals surface area (Å²) in [7, 11) is 1.79. The predicted octanol–water partition coefficient (Wildman–Crippen LogP) is 1.63. The van der Waals surface area contributed by atoms with Crippen LogP contribution in [0.1, 0.15) is 18.2 Å². The van der Waals surface area contributed by atoms with Crippen LogP contribution in [0.3, 0.4) is 0 Å². The Morgan fingerprint density at radius 3 is 3.06 bits per heavy atom. The molecule has 17 heavy (non-hydrogen) atoms. The molecule has 0 amide bonds. The van der Waals surface area contributed by atoms with Crippen molar-refractivity contribution in [1.82, 2.24) is 19.9 Å². The van der Waals surface area contributed by atoms with Gasteiger partial charge in [-0.2, -0.15) is 10.1 Å². The molecule has 0 unspecified atom stereocenters. The first-order chi connectivity index (χ1) is 8.24. The maximum atomic E-state index is 6.01. The third-order valence-electron chi connectivity index (χ3n) is 2.72. The summed E-state index contributed by atoms with van der Waals surface area (Å²) in [5.74, 6) is 1.24. The highest BCUT2D eigenvalue weighted by Gasteiger charge is 2.24. The molecule has 1 aliphatic heterocycles. The van der Waals surface area contributed by atoms with Gasteiger partial charge in [-0.25, -0.2) is 0 Å². The zero-order valence-corrected chi connectivity index (χ0v) is 10.0. The zero-order valence-electron chi connectivity index (χ0n) is 9.26. The third kappa shape index (κ3) is 1.94. The lowest BCUT2D eigenvalue weighted by molar-refractivity contribution is 0.192. The molecule has 0 aliphatic carbocycles. The minimum atomic E-state index is 0.218. The highest BCUT2D eigenvalue weighted by Crippen LogP contribution is 2.28. The second-order valence-electron chi connectivity index (χ2n) is 4.02. The number of halogens is 1. The number of ether oxygens (including phenoxy) is 1. The molecule has 3 rings (SSSR count). The van der Waals surface area contributed by atoms with E-state index in [2.05, 4.69) is 15.2 Å². The van der Waals surface area contributed by atoms with Gasteiger partial charge in [0.15, 0.2) is 11.5 Å². The van der Waals surface area contributed by atoms with E-state index in [1.807, 2.05) is 0 Å². The van der Waals surface area contributed by atoms with Crippen molar-refractivity contribution in [2.75, 3.05) is 13.2 Å². The van der Waals surface area contributed by atoms with E-state index in [0.29, 0.717) is 29.0 Å². The summed E-state index contributed by atoms with van der Waals surface area (Å²) in [6, 6.07) is 0. The third-order valence-corrected chi connectivity index (χ3v) is 3.00. The van der Waals surface area contributed by atoms with Crippen LogP contribution in [0.2, 0.25) is 5.02 Å². The average Bonchev–Trinajstić information content (AvgIpc) is 2.97. The number of rotatable bonds is 2. The van der Waals surface area contributed by atoms with Crippen LogP contribution < -0.4 is 0 Å². The zero-order chi connectivity index (χ0) is 11.8. The Bertz CT molecular complexity index is 530. The van der Waals surface area contributed by atoms with Crippen molar-refractivity contribution in [2.24, 2.45) is 7.05 Å². The number of hydrogen-bond acceptors (Lipinski definition) is 5. The highest BCUT2D eigenvalue weighted by molar-refractivity contribution is 6.32. The number of hydrogen-bond donors (Lipinski definition) is 0. The van der Waals surface area contributed by atoms with Crippen LogP contribution in [0, 0.1) is 0 Å². The van der Waals surface area contributed by atoms with E-state index >= 15 is 0 Å². The first-order valence-electron chi connectivity index (χ1n) is 5.35. The first-order valence-corrected chi connectivity index (χ1v) is 5.72. The van der Waals surface area contributed by atoms with Gasteiger partial charge in [0, 0.05) is 25.8 Å². The summed E-state index contributed by atoms with van der Waals surface area (Å²) in [6.07, 6.45) is 2.62. The van der Waals surface area contributed by atoms with Crippen molar-refractivity contribution in [2.45, 2.75) is 12.3 Å². The molecule has 1 saturated heterocycles. The van der Waals surface area contributed by atoms with E-state index in [1.54, 1.807) is 17.9 Å². The predicted molar refractivity (Wildman–Crippen MR) is 59.7 cm³/mol. The Labute approximate surface area is 103 Å². The normalized spacial score (nSPS) is 20.0. The fraction of sp³-hybridized carbons (Fsp3) is 0.500. The minimum absolute atomic E-state index is 0.218. The van der Waals surface area contributed by atoms with Gasteiger partial charge < -0.3 is 9.26 Å². The molecule has 0 saturated carbocycles. The summed E-state index contributed by atoms with van der Waals surface area (Å²) in [5.41, 5.74) is 0.520. The Morgan fingerprint density at radius 2 is 2.41 bits per heavy atom. The summed E-state index contributed by atoms with van der Waals surface area (Å²) in [5, 5.41) is 8.63. The van der Waals surface area contributed by atoms with Crippen LogP contribution >= 0.6 is 11.6 Å². The van der Waals surface area contributed by atoms with Crippen molar-refractivity contribution in [3.63, 3.8) is 0 Å². The van der Waals surface area contributed by atoms with Gasteiger partial charge >= 0.3 is 0 Å². The van der Waals surface area contributed by atoms with Gasteiger partial charge in [0.25, 0.3) is 5.89 Å². The van der Waals surface area contributed by atoms with Crippen molar-refractivity contribution in [3.8, 4) is 11.6 Å². The number of nitrogens with zero attached hydrogens (tertiary/aromatic N) is 4. The van der Waals surface area contributed by atoms with Gasteiger partial charge in [-0.1, -0.05) is 16.8 Å². The van der Waals surface area contributed by atoms with Crippen LogP contribution in [-0.2, 0) is 11.8 Å². The smallest absolute Gasteiger partial charge is 0.279 e. The van der Waals surface area contributed by atoms with Crippen LogP contribution in [0.15, 0.2) is 10.7 Å². The van der Waals surface area contributed by atoms with Gasteiger partial charge in [0.1, 0.15) is 0 Å². The van der Waals surface area contributed by atoms with Crippen LogP contribution in [0.4, 0.5) is 0 Å². The van der Waals surface area contributed by atoms with Gasteiger partial charge in [-0.3, -0.25) is 4.68 Å². The Morgan fingerprint density at radius 1 is 1.53 bits per heavy atom. The average molecular weight is 255 g/mol. The molecule has 1 aliphatic rings. The van der Waals surface area contributed by atoms with E-state index in [9.17, 15) is 0 Å². The molecular weight excluding hydrogens is 244 g/mol. The molecule has 2 aromatic heterocycles. The van der Waals surface area contributed by atoms with Crippen molar-refractivity contribution in [3.05, 3.63) is 17.0 Å². The molecule has 1 fully saturated rings. The topological polar surface area (TPSA) is 66.0 Å². The second-order valence-corrected chi connectivity index (χ2v) is 4.42. The monoisotopic (exact) mass is 254 g/mol. The summed E-state index contributed by atoms with van der Waals surface area (Å²) < 4.78 is 12.1. The second kappa shape index (κ2) is 4.12. The Balaban J connectivity index is 1.91. The van der Waals surface area contributed by atoms with E-state index in [0.717, 1.165) is 13.0 Å². The summed E-state index contributed by atoms with van der Waals surface area (Å²) >= 11 is 6.01. The molecule has 0 spiro atoms. The van der Waals surface area contributed by atoms with E-state index in [4.69, 9.17) is 20.9 Å². The van der Waals surface area contributed by atoms with Crippen molar-refractivity contribution >= 4 is 11.6 Å². The van der Waals surface area contributed by atoms with Crippen molar-refractivity contribution in [1.29, 1.82) is 0 Å². The van der Waals surface area contributed by atoms with E-state index in [-0.39, 0.29) is 5.92 Å². The summed E-state index contributed by atoms with van der Waals surface area (Å²) in [4.78, 5) is 4.32. The van der Waals surface area contributed by atoms with Gasteiger partial charge in [0.05, 0.1) is 11.6 Å². The number of aromatic nitrogens is 4.